The molecule has 2 atom stereocenters. The Balaban J connectivity index is 1.86. The Labute approximate surface area is 97.1 Å². The van der Waals surface area contributed by atoms with Crippen molar-refractivity contribution in [3.05, 3.63) is 0 Å². The molecule has 4 heteroatoms. The first-order chi connectivity index (χ1) is 7.68. The second-order valence-electron chi connectivity index (χ2n) is 5.00. The van der Waals surface area contributed by atoms with E-state index in [-0.39, 0.29) is 6.10 Å². The van der Waals surface area contributed by atoms with Gasteiger partial charge in [0.2, 0.25) is 0 Å². The molecule has 2 unspecified atom stereocenters. The predicted octanol–water partition coefficient (Wildman–Crippen LogP) is 1.78. The van der Waals surface area contributed by atoms with E-state index >= 15 is 0 Å². The summed E-state index contributed by atoms with van der Waals surface area (Å²) in [6.07, 6.45) is 7.69. The van der Waals surface area contributed by atoms with Crippen molar-refractivity contribution in [3.8, 4) is 0 Å². The van der Waals surface area contributed by atoms with Crippen molar-refractivity contribution >= 4 is 5.71 Å². The molecule has 0 spiro atoms. The van der Waals surface area contributed by atoms with Crippen LogP contribution in [0.3, 0.4) is 0 Å². The van der Waals surface area contributed by atoms with Crippen molar-refractivity contribution in [3.63, 3.8) is 0 Å². The van der Waals surface area contributed by atoms with Gasteiger partial charge in [0.15, 0.2) is 5.72 Å². The summed E-state index contributed by atoms with van der Waals surface area (Å²) >= 11 is 0. The highest BCUT2D eigenvalue weighted by atomic mass is 16.5. The maximum atomic E-state index is 10.2. The third kappa shape index (κ3) is 2.95. The highest BCUT2D eigenvalue weighted by molar-refractivity contribution is 5.84. The van der Waals surface area contributed by atoms with Gasteiger partial charge < -0.3 is 9.84 Å². The zero-order valence-electron chi connectivity index (χ0n) is 10.0. The van der Waals surface area contributed by atoms with Crippen LogP contribution in [0.15, 0.2) is 5.10 Å². The summed E-state index contributed by atoms with van der Waals surface area (Å²) < 4.78 is 5.48. The monoisotopic (exact) mass is 226 g/mol. The average molecular weight is 226 g/mol. The quantitative estimate of drug-likeness (QED) is 0.570. The smallest absolute Gasteiger partial charge is 0.173 e. The molecule has 2 fully saturated rings. The molecule has 1 saturated carbocycles. The summed E-state index contributed by atoms with van der Waals surface area (Å²) in [5, 5.41) is 14.5. The van der Waals surface area contributed by atoms with Crippen LogP contribution in [0.4, 0.5) is 0 Å². The molecule has 0 aromatic carbocycles. The number of rotatable bonds is 3. The van der Waals surface area contributed by atoms with Gasteiger partial charge in [0, 0.05) is 12.3 Å². The SMILES string of the molecule is CC(O)(NN=C1CCCCC1)C1CCCO1. The van der Waals surface area contributed by atoms with Crippen molar-refractivity contribution in [1.82, 2.24) is 5.43 Å². The number of aliphatic hydroxyl groups is 1. The molecule has 2 N–H and O–H groups in total. The van der Waals surface area contributed by atoms with Gasteiger partial charge in [-0.15, -0.1) is 0 Å². The average Bonchev–Trinajstić information content (AvgIpc) is 2.82. The minimum Gasteiger partial charge on any atom is -0.373 e. The minimum absolute atomic E-state index is 0.125. The Morgan fingerprint density at radius 2 is 2.06 bits per heavy atom. The minimum atomic E-state index is -1.03. The topological polar surface area (TPSA) is 53.8 Å². The molecule has 16 heavy (non-hydrogen) atoms. The predicted molar refractivity (Wildman–Crippen MR) is 63.3 cm³/mol. The standard InChI is InChI=1S/C12H22N2O2/c1-12(15,11-8-5-9-16-11)14-13-10-6-3-2-4-7-10/h11,14-15H,2-9H2,1H3. The number of ether oxygens (including phenoxy) is 1. The van der Waals surface area contributed by atoms with Crippen molar-refractivity contribution in [1.29, 1.82) is 0 Å². The molecule has 0 bridgehead atoms. The van der Waals surface area contributed by atoms with Gasteiger partial charge in [-0.3, -0.25) is 5.43 Å². The van der Waals surface area contributed by atoms with Crippen LogP contribution < -0.4 is 5.43 Å². The fourth-order valence-corrected chi connectivity index (χ4v) is 2.36. The third-order valence-corrected chi connectivity index (χ3v) is 3.43. The normalized spacial score (nSPS) is 29.9. The Bertz CT molecular complexity index is 250. The molecule has 0 amide bonds. The Kier molecular flexibility index (Phi) is 3.82. The largest absolute Gasteiger partial charge is 0.373 e. The second-order valence-corrected chi connectivity index (χ2v) is 5.00. The van der Waals surface area contributed by atoms with Gasteiger partial charge in [0.25, 0.3) is 0 Å². The first kappa shape index (κ1) is 11.9. The molecular weight excluding hydrogens is 204 g/mol. The second kappa shape index (κ2) is 5.15. The molecule has 2 rings (SSSR count). The van der Waals surface area contributed by atoms with Gasteiger partial charge in [-0.25, -0.2) is 0 Å². The van der Waals surface area contributed by atoms with Crippen molar-refractivity contribution in [2.75, 3.05) is 6.61 Å². The van der Waals surface area contributed by atoms with Gasteiger partial charge in [0.1, 0.15) is 6.10 Å². The van der Waals surface area contributed by atoms with Gasteiger partial charge in [0.05, 0.1) is 0 Å². The fourth-order valence-electron chi connectivity index (χ4n) is 2.36. The van der Waals surface area contributed by atoms with Gasteiger partial charge >= 0.3 is 0 Å². The maximum absolute atomic E-state index is 10.2. The van der Waals surface area contributed by atoms with Crippen molar-refractivity contribution < 1.29 is 9.84 Å². The lowest BCUT2D eigenvalue weighted by Crippen LogP contribution is -2.49. The van der Waals surface area contributed by atoms with Crippen molar-refractivity contribution in [2.45, 2.75) is 63.7 Å². The third-order valence-electron chi connectivity index (χ3n) is 3.43. The first-order valence-corrected chi connectivity index (χ1v) is 6.35. The molecular formula is C12H22N2O2. The van der Waals surface area contributed by atoms with E-state index in [1.54, 1.807) is 6.92 Å². The van der Waals surface area contributed by atoms with Crippen LogP contribution in [0.2, 0.25) is 0 Å². The van der Waals surface area contributed by atoms with E-state index in [4.69, 9.17) is 4.74 Å². The van der Waals surface area contributed by atoms with Gasteiger partial charge in [-0.1, -0.05) is 6.42 Å². The van der Waals surface area contributed by atoms with Crippen LogP contribution in [0, 0.1) is 0 Å². The summed E-state index contributed by atoms with van der Waals surface area (Å²) in [5.41, 5.74) is 3.05. The molecule has 0 radical (unpaired) electrons. The molecule has 2 aliphatic rings. The van der Waals surface area contributed by atoms with E-state index in [9.17, 15) is 5.11 Å². The van der Waals surface area contributed by atoms with E-state index in [0.717, 1.165) is 32.3 Å². The number of nitrogens with one attached hydrogen (secondary N) is 1. The van der Waals surface area contributed by atoms with Crippen LogP contribution in [-0.4, -0.2) is 29.3 Å². The molecule has 1 heterocycles. The molecule has 4 nitrogen and oxygen atoms in total. The Morgan fingerprint density at radius 3 is 2.69 bits per heavy atom. The highest BCUT2D eigenvalue weighted by Gasteiger charge is 2.35. The summed E-state index contributed by atoms with van der Waals surface area (Å²) in [4.78, 5) is 0. The van der Waals surface area contributed by atoms with E-state index in [1.165, 1.54) is 25.0 Å². The molecule has 92 valence electrons. The fraction of sp³-hybridized carbons (Fsp3) is 0.917. The Morgan fingerprint density at radius 1 is 1.31 bits per heavy atom. The molecule has 0 aromatic heterocycles. The Hall–Kier alpha value is -0.610. The van der Waals surface area contributed by atoms with Crippen LogP contribution >= 0.6 is 0 Å². The van der Waals surface area contributed by atoms with E-state index < -0.39 is 5.72 Å². The lowest BCUT2D eigenvalue weighted by atomic mass is 9.99. The molecule has 1 aliphatic carbocycles. The van der Waals surface area contributed by atoms with E-state index in [0.29, 0.717) is 0 Å². The van der Waals surface area contributed by atoms with Crippen LogP contribution in [0.1, 0.15) is 51.9 Å². The zero-order valence-corrected chi connectivity index (χ0v) is 10.0. The molecule has 0 aromatic rings. The van der Waals surface area contributed by atoms with E-state index in [1.807, 2.05) is 0 Å². The summed E-state index contributed by atoms with van der Waals surface area (Å²) in [6, 6.07) is 0. The maximum Gasteiger partial charge on any atom is 0.173 e. The number of hydrogen-bond donors (Lipinski definition) is 2. The van der Waals surface area contributed by atoms with Crippen LogP contribution in [0.25, 0.3) is 0 Å². The summed E-state index contributed by atoms with van der Waals surface area (Å²) in [6.45, 7) is 2.49. The van der Waals surface area contributed by atoms with Gasteiger partial charge in [-0.05, 0) is 45.4 Å². The number of nitrogens with zero attached hydrogens (tertiary/aromatic N) is 1. The highest BCUT2D eigenvalue weighted by Crippen LogP contribution is 2.22. The lowest BCUT2D eigenvalue weighted by molar-refractivity contribution is -0.0935. The zero-order chi connectivity index (χ0) is 11.4. The summed E-state index contributed by atoms with van der Waals surface area (Å²) in [5.74, 6) is 0. The van der Waals surface area contributed by atoms with Crippen molar-refractivity contribution in [2.24, 2.45) is 5.10 Å². The lowest BCUT2D eigenvalue weighted by Gasteiger charge is -2.29. The van der Waals surface area contributed by atoms with Gasteiger partial charge in [-0.2, -0.15) is 5.10 Å². The molecule has 1 aliphatic heterocycles. The van der Waals surface area contributed by atoms with Crippen LogP contribution in [-0.2, 0) is 4.74 Å². The number of hydrazone groups is 1. The number of hydrogen-bond acceptors (Lipinski definition) is 4. The van der Waals surface area contributed by atoms with E-state index in [2.05, 4.69) is 10.5 Å². The molecule has 1 saturated heterocycles. The first-order valence-electron chi connectivity index (χ1n) is 6.35. The summed E-state index contributed by atoms with van der Waals surface area (Å²) in [7, 11) is 0. The van der Waals surface area contributed by atoms with Crippen LogP contribution in [0.5, 0.6) is 0 Å².